The molecule has 17 heavy (non-hydrogen) atoms. The van der Waals surface area contributed by atoms with Gasteiger partial charge in [0.25, 0.3) is 0 Å². The average Bonchev–Trinajstić information content (AvgIpc) is 2.77. The Balaban J connectivity index is 1.87. The Kier molecular flexibility index (Phi) is 4.23. The molecule has 2 nitrogen and oxygen atoms in total. The number of hydrogen-bond acceptors (Lipinski definition) is 3. The fraction of sp³-hybridized carbons (Fsp3) is 0.308. The van der Waals surface area contributed by atoms with Gasteiger partial charge in [-0.25, -0.2) is 4.39 Å². The lowest BCUT2D eigenvalue weighted by molar-refractivity contribution is 0.613. The Morgan fingerprint density at radius 1 is 1.35 bits per heavy atom. The second-order valence-electron chi connectivity index (χ2n) is 3.84. The van der Waals surface area contributed by atoms with E-state index in [1.807, 2.05) is 0 Å². The molecule has 0 fully saturated rings. The molecule has 90 valence electrons. The summed E-state index contributed by atoms with van der Waals surface area (Å²) in [5, 5.41) is 5.42. The second-order valence-corrected chi connectivity index (χ2v) is 4.84. The van der Waals surface area contributed by atoms with Gasteiger partial charge in [0.15, 0.2) is 0 Å². The van der Waals surface area contributed by atoms with Crippen LogP contribution in [0.5, 0.6) is 0 Å². The number of aromatic nitrogens is 1. The molecule has 0 atom stereocenters. The van der Waals surface area contributed by atoms with Crippen molar-refractivity contribution < 1.29 is 4.39 Å². The van der Waals surface area contributed by atoms with Crippen molar-refractivity contribution in [2.75, 3.05) is 0 Å². The van der Waals surface area contributed by atoms with Crippen molar-refractivity contribution in [3.8, 4) is 0 Å². The first-order chi connectivity index (χ1) is 8.29. The molecule has 0 radical (unpaired) electrons. The number of halogens is 1. The third-order valence-electron chi connectivity index (χ3n) is 2.59. The topological polar surface area (TPSA) is 24.9 Å². The van der Waals surface area contributed by atoms with Crippen LogP contribution in [0.4, 0.5) is 4.39 Å². The molecule has 2 aromatic heterocycles. The van der Waals surface area contributed by atoms with E-state index < -0.39 is 0 Å². The molecule has 0 aliphatic carbocycles. The van der Waals surface area contributed by atoms with Crippen molar-refractivity contribution in [3.63, 3.8) is 0 Å². The Bertz CT molecular complexity index is 482. The van der Waals surface area contributed by atoms with Gasteiger partial charge >= 0.3 is 0 Å². The largest absolute Gasteiger partial charge is 0.308 e. The zero-order valence-corrected chi connectivity index (χ0v) is 10.6. The Labute approximate surface area is 105 Å². The van der Waals surface area contributed by atoms with Crippen LogP contribution in [0.1, 0.15) is 22.9 Å². The molecule has 1 N–H and O–H groups in total. The summed E-state index contributed by atoms with van der Waals surface area (Å²) in [6.07, 6.45) is 3.96. The van der Waals surface area contributed by atoms with Gasteiger partial charge in [-0.3, -0.25) is 4.98 Å². The van der Waals surface area contributed by atoms with Crippen LogP contribution in [0, 0.1) is 5.82 Å². The van der Waals surface area contributed by atoms with Crippen molar-refractivity contribution in [2.24, 2.45) is 0 Å². The normalized spacial score (nSPS) is 10.7. The maximum Gasteiger partial charge on any atom is 0.141 e. The van der Waals surface area contributed by atoms with E-state index >= 15 is 0 Å². The van der Waals surface area contributed by atoms with Gasteiger partial charge < -0.3 is 5.32 Å². The molecule has 2 heterocycles. The molecule has 0 bridgehead atoms. The second kappa shape index (κ2) is 5.89. The van der Waals surface area contributed by atoms with Crippen molar-refractivity contribution in [1.29, 1.82) is 0 Å². The van der Waals surface area contributed by atoms with Gasteiger partial charge in [-0.1, -0.05) is 6.92 Å². The Hall–Kier alpha value is -1.26. The highest BCUT2D eigenvalue weighted by Gasteiger charge is 2.02. The lowest BCUT2D eigenvalue weighted by atomic mass is 10.2. The van der Waals surface area contributed by atoms with Crippen LogP contribution in [0.25, 0.3) is 0 Å². The summed E-state index contributed by atoms with van der Waals surface area (Å²) in [5.41, 5.74) is 2.26. The predicted octanol–water partition coefficient (Wildman–Crippen LogP) is 3.13. The average molecular weight is 250 g/mol. The molecular formula is C13H15FN2S. The lowest BCUT2D eigenvalue weighted by Crippen LogP contribution is -2.13. The molecule has 0 aliphatic heterocycles. The highest BCUT2D eigenvalue weighted by atomic mass is 32.1. The minimum atomic E-state index is -0.283. The SMILES string of the molecule is CCc1ccsc1CNCc1cncc(F)c1. The summed E-state index contributed by atoms with van der Waals surface area (Å²) in [5.74, 6) is -0.283. The first kappa shape index (κ1) is 12.2. The summed E-state index contributed by atoms with van der Waals surface area (Å²) in [7, 11) is 0. The lowest BCUT2D eigenvalue weighted by Gasteiger charge is -2.05. The molecule has 0 saturated carbocycles. The molecule has 0 amide bonds. The minimum absolute atomic E-state index is 0.283. The molecule has 0 spiro atoms. The fourth-order valence-corrected chi connectivity index (χ4v) is 2.66. The summed E-state index contributed by atoms with van der Waals surface area (Å²) in [4.78, 5) is 5.18. The molecule has 0 aromatic carbocycles. The molecular weight excluding hydrogens is 235 g/mol. The molecule has 0 aliphatic rings. The zero-order chi connectivity index (χ0) is 12.1. The van der Waals surface area contributed by atoms with Gasteiger partial charge in [0.05, 0.1) is 6.20 Å². The van der Waals surface area contributed by atoms with Crippen LogP contribution < -0.4 is 5.32 Å². The van der Waals surface area contributed by atoms with E-state index in [9.17, 15) is 4.39 Å². The third-order valence-corrected chi connectivity index (χ3v) is 3.56. The maximum atomic E-state index is 12.9. The standard InChI is InChI=1S/C13H15FN2S/c1-2-11-3-4-17-13(11)9-16-7-10-5-12(14)8-15-6-10/h3-6,8,16H,2,7,9H2,1H3. The highest BCUT2D eigenvalue weighted by Crippen LogP contribution is 2.17. The number of nitrogens with one attached hydrogen (secondary N) is 1. The summed E-state index contributed by atoms with van der Waals surface area (Å²) in [6, 6.07) is 3.67. The monoisotopic (exact) mass is 250 g/mol. The van der Waals surface area contributed by atoms with Crippen molar-refractivity contribution in [2.45, 2.75) is 26.4 Å². The number of rotatable bonds is 5. The number of hydrogen-bond donors (Lipinski definition) is 1. The Morgan fingerprint density at radius 3 is 3.00 bits per heavy atom. The van der Waals surface area contributed by atoms with E-state index in [2.05, 4.69) is 28.7 Å². The van der Waals surface area contributed by atoms with Gasteiger partial charge in [0, 0.05) is 24.2 Å². The smallest absolute Gasteiger partial charge is 0.141 e. The van der Waals surface area contributed by atoms with E-state index in [1.165, 1.54) is 22.7 Å². The number of thiophene rings is 1. The number of nitrogens with zero attached hydrogens (tertiary/aromatic N) is 1. The third kappa shape index (κ3) is 3.35. The molecule has 2 aromatic rings. The van der Waals surface area contributed by atoms with E-state index in [-0.39, 0.29) is 5.82 Å². The molecule has 0 saturated heterocycles. The van der Waals surface area contributed by atoms with Gasteiger partial charge in [-0.2, -0.15) is 0 Å². The van der Waals surface area contributed by atoms with Crippen molar-refractivity contribution >= 4 is 11.3 Å². The fourth-order valence-electron chi connectivity index (χ4n) is 1.71. The van der Waals surface area contributed by atoms with Crippen LogP contribution in [-0.4, -0.2) is 4.98 Å². The van der Waals surface area contributed by atoms with Crippen molar-refractivity contribution in [1.82, 2.24) is 10.3 Å². The van der Waals surface area contributed by atoms with Crippen molar-refractivity contribution in [3.05, 3.63) is 51.7 Å². The molecule has 4 heteroatoms. The maximum absolute atomic E-state index is 12.9. The minimum Gasteiger partial charge on any atom is -0.308 e. The van der Waals surface area contributed by atoms with Gasteiger partial charge in [-0.05, 0) is 35.1 Å². The van der Waals surface area contributed by atoms with Gasteiger partial charge in [0.2, 0.25) is 0 Å². The van der Waals surface area contributed by atoms with E-state index in [0.29, 0.717) is 6.54 Å². The van der Waals surface area contributed by atoms with Gasteiger partial charge in [0.1, 0.15) is 5.82 Å². The zero-order valence-electron chi connectivity index (χ0n) is 9.74. The number of pyridine rings is 1. The summed E-state index contributed by atoms with van der Waals surface area (Å²) < 4.78 is 12.9. The summed E-state index contributed by atoms with van der Waals surface area (Å²) >= 11 is 1.76. The molecule has 2 rings (SSSR count). The van der Waals surface area contributed by atoms with E-state index in [1.54, 1.807) is 17.5 Å². The van der Waals surface area contributed by atoms with Gasteiger partial charge in [-0.15, -0.1) is 11.3 Å². The van der Waals surface area contributed by atoms with Crippen LogP contribution in [0.3, 0.4) is 0 Å². The predicted molar refractivity (Wildman–Crippen MR) is 68.4 cm³/mol. The van der Waals surface area contributed by atoms with Crippen LogP contribution in [0.15, 0.2) is 29.9 Å². The first-order valence-electron chi connectivity index (χ1n) is 5.65. The van der Waals surface area contributed by atoms with Crippen LogP contribution >= 0.6 is 11.3 Å². The Morgan fingerprint density at radius 2 is 2.24 bits per heavy atom. The van der Waals surface area contributed by atoms with E-state index in [4.69, 9.17) is 0 Å². The highest BCUT2D eigenvalue weighted by molar-refractivity contribution is 7.10. The van der Waals surface area contributed by atoms with Crippen LogP contribution in [0.2, 0.25) is 0 Å². The quantitative estimate of drug-likeness (QED) is 0.882. The summed E-state index contributed by atoms with van der Waals surface area (Å²) in [6.45, 7) is 3.63. The van der Waals surface area contributed by atoms with E-state index in [0.717, 1.165) is 18.5 Å². The van der Waals surface area contributed by atoms with Crippen LogP contribution in [-0.2, 0) is 19.5 Å². The first-order valence-corrected chi connectivity index (χ1v) is 6.53. The molecule has 0 unspecified atom stereocenters. The number of aryl methyl sites for hydroxylation is 1.